The highest BCUT2D eigenvalue weighted by atomic mass is 16.5. The number of carbonyl (C=O) groups is 1. The van der Waals surface area contributed by atoms with Gasteiger partial charge >= 0.3 is 0 Å². The number of nitrogen functional groups attached to an aromatic ring is 1. The van der Waals surface area contributed by atoms with Gasteiger partial charge in [0.05, 0.1) is 25.1 Å². The lowest BCUT2D eigenvalue weighted by Gasteiger charge is -2.06. The number of nitrogens with two attached hydrogens (primary N) is 1. The second-order valence-corrected chi connectivity index (χ2v) is 4.13. The monoisotopic (exact) mass is 244 g/mol. The zero-order valence-electron chi connectivity index (χ0n) is 9.56. The van der Waals surface area contributed by atoms with Crippen LogP contribution < -0.4 is 11.1 Å². The predicted molar refractivity (Wildman–Crippen MR) is 65.9 cm³/mol. The molecule has 0 saturated carbocycles. The summed E-state index contributed by atoms with van der Waals surface area (Å²) < 4.78 is 5.32. The van der Waals surface area contributed by atoms with Gasteiger partial charge in [-0.25, -0.2) is 0 Å². The number of amides is 1. The number of aromatic nitrogens is 2. The van der Waals surface area contributed by atoms with Gasteiger partial charge in [-0.05, 0) is 23.3 Å². The van der Waals surface area contributed by atoms with Crippen LogP contribution in [-0.2, 0) is 18.0 Å². The van der Waals surface area contributed by atoms with E-state index in [1.807, 2.05) is 18.2 Å². The number of benzene rings is 1. The molecule has 1 aromatic heterocycles. The summed E-state index contributed by atoms with van der Waals surface area (Å²) in [5, 5.41) is 9.05. The summed E-state index contributed by atoms with van der Waals surface area (Å²) >= 11 is 0. The molecule has 92 valence electrons. The molecule has 0 saturated heterocycles. The van der Waals surface area contributed by atoms with Crippen molar-refractivity contribution in [2.45, 2.75) is 13.2 Å². The number of hydrogen-bond donors (Lipinski definition) is 3. The smallest absolute Gasteiger partial charge is 0.275 e. The Morgan fingerprint density at radius 2 is 2.22 bits per heavy atom. The van der Waals surface area contributed by atoms with Gasteiger partial charge in [0.15, 0.2) is 0 Å². The zero-order valence-corrected chi connectivity index (χ0v) is 9.56. The fourth-order valence-electron chi connectivity index (χ4n) is 1.92. The van der Waals surface area contributed by atoms with E-state index in [4.69, 9.17) is 10.5 Å². The highest BCUT2D eigenvalue weighted by Gasteiger charge is 2.14. The summed E-state index contributed by atoms with van der Waals surface area (Å²) in [6, 6.07) is 5.71. The van der Waals surface area contributed by atoms with Crippen LogP contribution in [0.15, 0.2) is 24.4 Å². The molecule has 0 aliphatic carbocycles. The Labute approximate surface area is 103 Å². The third-order valence-electron chi connectivity index (χ3n) is 2.87. The third kappa shape index (κ3) is 1.82. The van der Waals surface area contributed by atoms with E-state index >= 15 is 0 Å². The Morgan fingerprint density at radius 1 is 1.39 bits per heavy atom. The van der Waals surface area contributed by atoms with Crippen LogP contribution in [0.3, 0.4) is 0 Å². The van der Waals surface area contributed by atoms with Crippen LogP contribution in [0.25, 0.3) is 0 Å². The van der Waals surface area contributed by atoms with E-state index < -0.39 is 0 Å². The molecule has 0 radical (unpaired) electrons. The minimum absolute atomic E-state index is 0.270. The standard InChI is InChI=1S/C12H12N4O2/c13-10-4-14-16-11(10)12(17)15-9-2-1-7-5-18-6-8(7)3-9/h1-4H,5-6,13H2,(H,14,16)(H,15,17). The normalized spacial score (nSPS) is 13.3. The van der Waals surface area contributed by atoms with Crippen molar-refractivity contribution in [1.82, 2.24) is 10.2 Å². The topological polar surface area (TPSA) is 93.0 Å². The van der Waals surface area contributed by atoms with E-state index in [1.165, 1.54) is 6.20 Å². The number of hydrogen-bond acceptors (Lipinski definition) is 4. The van der Waals surface area contributed by atoms with E-state index in [2.05, 4.69) is 15.5 Å². The molecule has 2 heterocycles. The molecule has 4 N–H and O–H groups in total. The number of anilines is 2. The number of nitrogens with zero attached hydrogens (tertiary/aromatic N) is 1. The molecule has 1 amide bonds. The average Bonchev–Trinajstić information content (AvgIpc) is 2.96. The van der Waals surface area contributed by atoms with Crippen molar-refractivity contribution in [1.29, 1.82) is 0 Å². The lowest BCUT2D eigenvalue weighted by Crippen LogP contribution is -2.14. The molecule has 0 fully saturated rings. The van der Waals surface area contributed by atoms with Gasteiger partial charge in [-0.1, -0.05) is 6.07 Å². The van der Waals surface area contributed by atoms with Crippen LogP contribution in [0.4, 0.5) is 11.4 Å². The van der Waals surface area contributed by atoms with Crippen molar-refractivity contribution in [3.63, 3.8) is 0 Å². The number of H-pyrrole nitrogens is 1. The van der Waals surface area contributed by atoms with Gasteiger partial charge in [0.1, 0.15) is 5.69 Å². The first-order valence-electron chi connectivity index (χ1n) is 5.54. The SMILES string of the molecule is Nc1cn[nH]c1C(=O)Nc1ccc2c(c1)COC2. The molecule has 18 heavy (non-hydrogen) atoms. The maximum Gasteiger partial charge on any atom is 0.275 e. The number of nitrogens with one attached hydrogen (secondary N) is 2. The summed E-state index contributed by atoms with van der Waals surface area (Å²) in [6.45, 7) is 1.22. The Hall–Kier alpha value is -2.34. The molecular weight excluding hydrogens is 232 g/mol. The van der Waals surface area contributed by atoms with Gasteiger partial charge in [-0.15, -0.1) is 0 Å². The van der Waals surface area contributed by atoms with Gasteiger partial charge in [-0.3, -0.25) is 9.89 Å². The van der Waals surface area contributed by atoms with E-state index in [-0.39, 0.29) is 11.6 Å². The third-order valence-corrected chi connectivity index (χ3v) is 2.87. The second-order valence-electron chi connectivity index (χ2n) is 4.13. The van der Waals surface area contributed by atoms with Crippen LogP contribution in [0, 0.1) is 0 Å². The van der Waals surface area contributed by atoms with Crippen LogP contribution in [0.2, 0.25) is 0 Å². The Morgan fingerprint density at radius 3 is 3.00 bits per heavy atom. The average molecular weight is 244 g/mol. The summed E-state index contributed by atoms with van der Waals surface area (Å²) in [7, 11) is 0. The number of fused-ring (bicyclic) bond motifs is 1. The summed E-state index contributed by atoms with van der Waals surface area (Å²) in [6.07, 6.45) is 1.41. The van der Waals surface area contributed by atoms with Gasteiger partial charge in [0.25, 0.3) is 5.91 Å². The Balaban J connectivity index is 1.81. The van der Waals surface area contributed by atoms with Crippen molar-refractivity contribution >= 4 is 17.3 Å². The maximum atomic E-state index is 11.9. The molecule has 0 atom stereocenters. The van der Waals surface area contributed by atoms with Crippen molar-refractivity contribution < 1.29 is 9.53 Å². The lowest BCUT2D eigenvalue weighted by molar-refractivity contribution is 0.102. The summed E-state index contributed by atoms with van der Waals surface area (Å²) in [4.78, 5) is 11.9. The van der Waals surface area contributed by atoms with Crippen LogP contribution >= 0.6 is 0 Å². The van der Waals surface area contributed by atoms with Crippen molar-refractivity contribution in [3.8, 4) is 0 Å². The first kappa shape index (κ1) is 10.8. The summed E-state index contributed by atoms with van der Waals surface area (Å²) in [5.41, 5.74) is 9.20. The van der Waals surface area contributed by atoms with E-state index in [0.717, 1.165) is 16.8 Å². The minimum atomic E-state index is -0.302. The van der Waals surface area contributed by atoms with E-state index in [1.54, 1.807) is 0 Å². The predicted octanol–water partition coefficient (Wildman–Crippen LogP) is 1.27. The van der Waals surface area contributed by atoms with E-state index in [0.29, 0.717) is 18.9 Å². The number of carbonyl (C=O) groups excluding carboxylic acids is 1. The Bertz CT molecular complexity index is 606. The number of aromatic amines is 1. The minimum Gasteiger partial charge on any atom is -0.396 e. The fourth-order valence-corrected chi connectivity index (χ4v) is 1.92. The van der Waals surface area contributed by atoms with Crippen molar-refractivity contribution in [2.24, 2.45) is 0 Å². The van der Waals surface area contributed by atoms with Crippen LogP contribution in [0.1, 0.15) is 21.6 Å². The first-order chi connectivity index (χ1) is 8.74. The summed E-state index contributed by atoms with van der Waals surface area (Å²) in [5.74, 6) is -0.302. The molecule has 1 aromatic carbocycles. The molecule has 0 bridgehead atoms. The Kier molecular flexibility index (Phi) is 2.49. The van der Waals surface area contributed by atoms with Gasteiger partial charge < -0.3 is 15.8 Å². The lowest BCUT2D eigenvalue weighted by atomic mass is 10.1. The van der Waals surface area contributed by atoms with Crippen LogP contribution in [0.5, 0.6) is 0 Å². The largest absolute Gasteiger partial charge is 0.396 e. The molecular formula is C12H12N4O2. The van der Waals surface area contributed by atoms with Gasteiger partial charge in [-0.2, -0.15) is 5.10 Å². The number of ether oxygens (including phenoxy) is 1. The molecule has 0 spiro atoms. The van der Waals surface area contributed by atoms with Gasteiger partial charge in [0.2, 0.25) is 0 Å². The highest BCUT2D eigenvalue weighted by molar-refractivity contribution is 6.06. The van der Waals surface area contributed by atoms with Gasteiger partial charge in [0, 0.05) is 5.69 Å². The molecule has 1 aliphatic heterocycles. The second kappa shape index (κ2) is 4.15. The highest BCUT2D eigenvalue weighted by Crippen LogP contribution is 2.23. The van der Waals surface area contributed by atoms with E-state index in [9.17, 15) is 4.79 Å². The van der Waals surface area contributed by atoms with Crippen LogP contribution in [-0.4, -0.2) is 16.1 Å². The zero-order chi connectivity index (χ0) is 12.5. The van der Waals surface area contributed by atoms with Crippen molar-refractivity contribution in [3.05, 3.63) is 41.2 Å². The fraction of sp³-hybridized carbons (Fsp3) is 0.167. The number of rotatable bonds is 2. The molecule has 6 nitrogen and oxygen atoms in total. The maximum absolute atomic E-state index is 11.9. The molecule has 0 unspecified atom stereocenters. The first-order valence-corrected chi connectivity index (χ1v) is 5.54. The quantitative estimate of drug-likeness (QED) is 0.741. The molecule has 3 rings (SSSR count). The molecule has 2 aromatic rings. The molecule has 1 aliphatic rings. The molecule has 6 heteroatoms. The van der Waals surface area contributed by atoms with Crippen molar-refractivity contribution in [2.75, 3.05) is 11.1 Å².